The van der Waals surface area contributed by atoms with Crippen molar-refractivity contribution in [2.45, 2.75) is 52.0 Å². The fourth-order valence-electron chi connectivity index (χ4n) is 2.48. The molecule has 2 heteroatoms. The van der Waals surface area contributed by atoms with Crippen molar-refractivity contribution in [1.29, 1.82) is 0 Å². The van der Waals surface area contributed by atoms with Crippen LogP contribution in [0.3, 0.4) is 0 Å². The average molecular weight is 196 g/mol. The van der Waals surface area contributed by atoms with Crippen molar-refractivity contribution in [2.75, 3.05) is 14.1 Å². The van der Waals surface area contributed by atoms with Crippen LogP contribution >= 0.6 is 0 Å². The molecule has 14 heavy (non-hydrogen) atoms. The number of nitrogens with zero attached hydrogens (tertiary/aromatic N) is 2. The first-order valence-corrected chi connectivity index (χ1v) is 5.86. The molecule has 0 aromatic carbocycles. The van der Waals surface area contributed by atoms with E-state index in [1.807, 2.05) is 7.05 Å². The van der Waals surface area contributed by atoms with Crippen LogP contribution in [0.5, 0.6) is 0 Å². The zero-order valence-electron chi connectivity index (χ0n) is 10.1. The van der Waals surface area contributed by atoms with Crippen LogP contribution in [0.4, 0.5) is 0 Å². The molecule has 82 valence electrons. The molecule has 0 heterocycles. The van der Waals surface area contributed by atoms with Crippen LogP contribution in [-0.4, -0.2) is 30.9 Å². The molecule has 0 saturated heterocycles. The molecule has 1 rings (SSSR count). The van der Waals surface area contributed by atoms with Crippen LogP contribution in [0, 0.1) is 5.92 Å². The zero-order valence-corrected chi connectivity index (χ0v) is 10.1. The highest BCUT2D eigenvalue weighted by Crippen LogP contribution is 2.22. The summed E-state index contributed by atoms with van der Waals surface area (Å²) >= 11 is 0. The van der Waals surface area contributed by atoms with Crippen LogP contribution in [0.1, 0.15) is 46.0 Å². The predicted molar refractivity (Wildman–Crippen MR) is 62.8 cm³/mol. The monoisotopic (exact) mass is 196 g/mol. The standard InChI is InChI=1S/C12H24N2/c1-10(2)12(13-3)14(4)11-8-6-5-7-9-11/h10-11H,5-9H2,1-4H3. The fraction of sp³-hybridized carbons (Fsp3) is 0.917. The maximum Gasteiger partial charge on any atom is 0.101 e. The van der Waals surface area contributed by atoms with Crippen molar-refractivity contribution < 1.29 is 0 Å². The van der Waals surface area contributed by atoms with E-state index in [-0.39, 0.29) is 0 Å². The second-order valence-corrected chi connectivity index (χ2v) is 4.64. The first-order chi connectivity index (χ1) is 6.66. The van der Waals surface area contributed by atoms with Gasteiger partial charge >= 0.3 is 0 Å². The maximum absolute atomic E-state index is 4.41. The van der Waals surface area contributed by atoms with E-state index in [2.05, 4.69) is 30.8 Å². The lowest BCUT2D eigenvalue weighted by Gasteiger charge is -2.35. The third-order valence-electron chi connectivity index (χ3n) is 3.23. The Kier molecular flexibility index (Phi) is 4.43. The lowest BCUT2D eigenvalue weighted by molar-refractivity contribution is 0.270. The molecule has 0 amide bonds. The smallest absolute Gasteiger partial charge is 0.101 e. The summed E-state index contributed by atoms with van der Waals surface area (Å²) in [7, 11) is 4.12. The van der Waals surface area contributed by atoms with E-state index < -0.39 is 0 Å². The van der Waals surface area contributed by atoms with Crippen molar-refractivity contribution in [3.05, 3.63) is 0 Å². The number of hydrogen-bond donors (Lipinski definition) is 0. The van der Waals surface area contributed by atoms with Gasteiger partial charge in [0.15, 0.2) is 0 Å². The zero-order chi connectivity index (χ0) is 10.6. The molecular formula is C12H24N2. The van der Waals surface area contributed by atoms with Gasteiger partial charge in [0.2, 0.25) is 0 Å². The van der Waals surface area contributed by atoms with Crippen molar-refractivity contribution in [3.63, 3.8) is 0 Å². The minimum absolute atomic E-state index is 0.548. The highest BCUT2D eigenvalue weighted by molar-refractivity contribution is 5.84. The summed E-state index contributed by atoms with van der Waals surface area (Å²) in [5.74, 6) is 1.81. The second kappa shape index (κ2) is 5.38. The molecule has 2 nitrogen and oxygen atoms in total. The van der Waals surface area contributed by atoms with Crippen molar-refractivity contribution in [2.24, 2.45) is 10.9 Å². The molecular weight excluding hydrogens is 172 g/mol. The van der Waals surface area contributed by atoms with Crippen LogP contribution in [0.25, 0.3) is 0 Å². The van der Waals surface area contributed by atoms with Gasteiger partial charge in [-0.2, -0.15) is 0 Å². The molecule has 1 aliphatic carbocycles. The summed E-state index contributed by atoms with van der Waals surface area (Å²) in [6.45, 7) is 4.45. The van der Waals surface area contributed by atoms with Gasteiger partial charge in [0, 0.05) is 26.1 Å². The van der Waals surface area contributed by atoms with E-state index in [0.717, 1.165) is 6.04 Å². The maximum atomic E-state index is 4.41. The van der Waals surface area contributed by atoms with E-state index in [1.165, 1.54) is 37.9 Å². The van der Waals surface area contributed by atoms with E-state index in [0.29, 0.717) is 5.92 Å². The molecule has 1 aliphatic rings. The molecule has 0 unspecified atom stereocenters. The summed E-state index contributed by atoms with van der Waals surface area (Å²) in [6.07, 6.45) is 6.91. The van der Waals surface area contributed by atoms with Gasteiger partial charge in [-0.3, -0.25) is 4.99 Å². The largest absolute Gasteiger partial charge is 0.360 e. The Hall–Kier alpha value is -0.530. The van der Waals surface area contributed by atoms with Gasteiger partial charge in [-0.1, -0.05) is 33.1 Å². The van der Waals surface area contributed by atoms with Crippen LogP contribution in [-0.2, 0) is 0 Å². The lowest BCUT2D eigenvalue weighted by atomic mass is 9.94. The van der Waals surface area contributed by atoms with Gasteiger partial charge in [-0.05, 0) is 12.8 Å². The van der Waals surface area contributed by atoms with Gasteiger partial charge in [0.1, 0.15) is 5.84 Å². The molecule has 0 radical (unpaired) electrons. The minimum atomic E-state index is 0.548. The van der Waals surface area contributed by atoms with E-state index in [4.69, 9.17) is 0 Å². The molecule has 0 spiro atoms. The summed E-state index contributed by atoms with van der Waals surface area (Å²) in [6, 6.07) is 0.741. The Morgan fingerprint density at radius 1 is 1.21 bits per heavy atom. The second-order valence-electron chi connectivity index (χ2n) is 4.64. The van der Waals surface area contributed by atoms with E-state index in [1.54, 1.807) is 0 Å². The summed E-state index contributed by atoms with van der Waals surface area (Å²) in [4.78, 5) is 6.81. The topological polar surface area (TPSA) is 15.6 Å². The van der Waals surface area contributed by atoms with Gasteiger partial charge in [0.25, 0.3) is 0 Å². The Balaban J connectivity index is 2.57. The molecule has 0 N–H and O–H groups in total. The molecule has 0 aromatic heterocycles. The Morgan fingerprint density at radius 3 is 2.21 bits per heavy atom. The molecule has 0 bridgehead atoms. The first-order valence-electron chi connectivity index (χ1n) is 5.86. The number of rotatable bonds is 2. The number of hydrogen-bond acceptors (Lipinski definition) is 1. The fourth-order valence-corrected chi connectivity index (χ4v) is 2.48. The summed E-state index contributed by atoms with van der Waals surface area (Å²) in [5.41, 5.74) is 0. The van der Waals surface area contributed by atoms with Crippen LogP contribution in [0.15, 0.2) is 4.99 Å². The quantitative estimate of drug-likeness (QED) is 0.490. The van der Waals surface area contributed by atoms with Crippen LogP contribution in [0.2, 0.25) is 0 Å². The van der Waals surface area contributed by atoms with Gasteiger partial charge in [-0.25, -0.2) is 0 Å². The van der Waals surface area contributed by atoms with Crippen molar-refractivity contribution in [1.82, 2.24) is 4.90 Å². The SMILES string of the molecule is CN=C(C(C)C)N(C)C1CCCCC1. The lowest BCUT2D eigenvalue weighted by Crippen LogP contribution is -2.40. The predicted octanol–water partition coefficient (Wildman–Crippen LogP) is 2.94. The highest BCUT2D eigenvalue weighted by Gasteiger charge is 2.21. The number of aliphatic imine (C=N–C) groups is 1. The molecule has 0 aromatic rings. The normalized spacial score (nSPS) is 20.2. The van der Waals surface area contributed by atoms with Crippen molar-refractivity contribution in [3.8, 4) is 0 Å². The first kappa shape index (κ1) is 11.5. The summed E-state index contributed by atoms with van der Waals surface area (Å²) < 4.78 is 0. The third-order valence-corrected chi connectivity index (χ3v) is 3.23. The Labute approximate surface area is 88.4 Å². The summed E-state index contributed by atoms with van der Waals surface area (Å²) in [5, 5.41) is 0. The third kappa shape index (κ3) is 2.73. The average Bonchev–Trinajstić information content (AvgIpc) is 2.19. The van der Waals surface area contributed by atoms with Crippen molar-refractivity contribution >= 4 is 5.84 Å². The molecule has 0 atom stereocenters. The highest BCUT2D eigenvalue weighted by atomic mass is 15.2. The van der Waals surface area contributed by atoms with Gasteiger partial charge in [0.05, 0.1) is 0 Å². The Bertz CT molecular complexity index is 190. The van der Waals surface area contributed by atoms with E-state index in [9.17, 15) is 0 Å². The molecule has 0 aliphatic heterocycles. The van der Waals surface area contributed by atoms with Crippen LogP contribution < -0.4 is 0 Å². The Morgan fingerprint density at radius 2 is 1.79 bits per heavy atom. The molecule has 1 saturated carbocycles. The van der Waals surface area contributed by atoms with Gasteiger partial charge in [-0.15, -0.1) is 0 Å². The van der Waals surface area contributed by atoms with Gasteiger partial charge < -0.3 is 4.90 Å². The van der Waals surface area contributed by atoms with E-state index >= 15 is 0 Å². The minimum Gasteiger partial charge on any atom is -0.360 e. The number of amidine groups is 1. The molecule has 1 fully saturated rings.